The minimum Gasteiger partial charge on any atom is -0.383 e. The summed E-state index contributed by atoms with van der Waals surface area (Å²) in [5.74, 6) is 0.304. The van der Waals surface area contributed by atoms with Crippen molar-refractivity contribution in [2.45, 2.75) is 37.8 Å². The van der Waals surface area contributed by atoms with Crippen molar-refractivity contribution in [1.82, 2.24) is 19.4 Å². The highest BCUT2D eigenvalue weighted by Crippen LogP contribution is 2.39. The molecule has 1 unspecified atom stereocenters. The predicted molar refractivity (Wildman–Crippen MR) is 104 cm³/mol. The number of piperidine rings is 1. The van der Waals surface area contributed by atoms with E-state index in [1.165, 1.54) is 5.56 Å². The molecule has 2 aliphatic rings. The monoisotopic (exact) mass is 368 g/mol. The van der Waals surface area contributed by atoms with Crippen LogP contribution in [0.15, 0.2) is 43.0 Å². The lowest BCUT2D eigenvalue weighted by Crippen LogP contribution is -2.60. The van der Waals surface area contributed by atoms with Gasteiger partial charge in [0, 0.05) is 44.8 Å². The lowest BCUT2D eigenvalue weighted by molar-refractivity contribution is -0.148. The third kappa shape index (κ3) is 3.51. The number of hydrogen-bond donors (Lipinski definition) is 0. The number of ether oxygens (including phenoxy) is 1. The van der Waals surface area contributed by atoms with Crippen LogP contribution in [0.5, 0.6) is 0 Å². The van der Waals surface area contributed by atoms with Crippen molar-refractivity contribution in [2.75, 3.05) is 33.4 Å². The smallest absolute Gasteiger partial charge is 0.243 e. The highest BCUT2D eigenvalue weighted by Gasteiger charge is 2.50. The summed E-state index contributed by atoms with van der Waals surface area (Å²) in [7, 11) is 1.69. The van der Waals surface area contributed by atoms with E-state index >= 15 is 0 Å². The molecule has 0 aliphatic carbocycles. The molecule has 3 heterocycles. The fraction of sp³-hybridized carbons (Fsp3) is 0.524. The van der Waals surface area contributed by atoms with Gasteiger partial charge in [0.1, 0.15) is 5.54 Å². The molecule has 0 N–H and O–H groups in total. The number of imidazole rings is 1. The third-order valence-electron chi connectivity index (χ3n) is 6.01. The van der Waals surface area contributed by atoms with Crippen molar-refractivity contribution in [1.29, 1.82) is 0 Å². The number of carbonyl (C=O) groups excluding carboxylic acids is 1. The molecule has 6 heteroatoms. The van der Waals surface area contributed by atoms with E-state index in [9.17, 15) is 4.79 Å². The van der Waals surface area contributed by atoms with Gasteiger partial charge < -0.3 is 14.2 Å². The second-order valence-electron chi connectivity index (χ2n) is 7.58. The van der Waals surface area contributed by atoms with Crippen LogP contribution in [0.4, 0.5) is 0 Å². The zero-order valence-corrected chi connectivity index (χ0v) is 16.0. The normalized spacial score (nSPS) is 23.4. The van der Waals surface area contributed by atoms with E-state index in [0.717, 1.165) is 51.0 Å². The number of amides is 1. The Morgan fingerprint density at radius 3 is 2.63 bits per heavy atom. The van der Waals surface area contributed by atoms with E-state index in [2.05, 4.69) is 34.1 Å². The second-order valence-corrected chi connectivity index (χ2v) is 7.58. The van der Waals surface area contributed by atoms with E-state index in [1.807, 2.05) is 15.7 Å². The molecule has 0 saturated carbocycles. The van der Waals surface area contributed by atoms with Gasteiger partial charge >= 0.3 is 0 Å². The molecule has 0 bridgehead atoms. The summed E-state index contributed by atoms with van der Waals surface area (Å²) in [4.78, 5) is 21.8. The molecule has 1 amide bonds. The molecule has 2 aromatic rings. The zero-order valence-electron chi connectivity index (χ0n) is 16.0. The first-order valence-corrected chi connectivity index (χ1v) is 9.83. The van der Waals surface area contributed by atoms with Crippen LogP contribution < -0.4 is 0 Å². The molecule has 1 spiro atoms. The Balaban J connectivity index is 1.49. The van der Waals surface area contributed by atoms with Crippen LogP contribution in [0, 0.1) is 0 Å². The number of carbonyl (C=O) groups is 1. The zero-order chi connectivity index (χ0) is 18.7. The van der Waals surface area contributed by atoms with Crippen molar-refractivity contribution in [3.63, 3.8) is 0 Å². The summed E-state index contributed by atoms with van der Waals surface area (Å²) in [6.45, 7) is 3.99. The topological polar surface area (TPSA) is 50.6 Å². The van der Waals surface area contributed by atoms with Gasteiger partial charge in [-0.1, -0.05) is 12.1 Å². The minimum atomic E-state index is -0.311. The maximum Gasteiger partial charge on any atom is 0.243 e. The van der Waals surface area contributed by atoms with Crippen LogP contribution in [-0.2, 0) is 16.1 Å². The fourth-order valence-corrected chi connectivity index (χ4v) is 4.58. The van der Waals surface area contributed by atoms with Crippen LogP contribution in [0.3, 0.4) is 0 Å². The van der Waals surface area contributed by atoms with E-state index < -0.39 is 0 Å². The molecule has 2 aliphatic heterocycles. The van der Waals surface area contributed by atoms with Crippen molar-refractivity contribution in [2.24, 2.45) is 0 Å². The summed E-state index contributed by atoms with van der Waals surface area (Å²) >= 11 is 0. The maximum atomic E-state index is 13.3. The number of benzene rings is 1. The Morgan fingerprint density at radius 1 is 1.15 bits per heavy atom. The first kappa shape index (κ1) is 18.2. The average molecular weight is 368 g/mol. The fourth-order valence-electron chi connectivity index (χ4n) is 4.58. The van der Waals surface area contributed by atoms with Crippen LogP contribution in [0.25, 0.3) is 5.69 Å². The molecule has 1 aromatic heterocycles. The summed E-state index contributed by atoms with van der Waals surface area (Å²) < 4.78 is 7.19. The molecule has 2 fully saturated rings. The average Bonchev–Trinajstić information content (AvgIpc) is 3.35. The minimum absolute atomic E-state index is 0.304. The van der Waals surface area contributed by atoms with Crippen LogP contribution in [0.2, 0.25) is 0 Å². The van der Waals surface area contributed by atoms with Gasteiger partial charge in [0.05, 0.1) is 12.9 Å². The van der Waals surface area contributed by atoms with Crippen molar-refractivity contribution in [3.8, 4) is 5.69 Å². The lowest BCUT2D eigenvalue weighted by atomic mass is 9.85. The molecular formula is C21H28N4O2. The van der Waals surface area contributed by atoms with Crippen LogP contribution >= 0.6 is 0 Å². The highest BCUT2D eigenvalue weighted by molar-refractivity contribution is 5.87. The number of nitrogens with zero attached hydrogens (tertiary/aromatic N) is 4. The SMILES string of the molecule is COCCN1CCCC2(CCCN2Cc2ccc(-n3ccnc3)cc2)C1=O. The van der Waals surface area contributed by atoms with Gasteiger partial charge in [-0.15, -0.1) is 0 Å². The van der Waals surface area contributed by atoms with Gasteiger partial charge in [0.25, 0.3) is 0 Å². The van der Waals surface area contributed by atoms with Gasteiger partial charge in [0.15, 0.2) is 0 Å². The van der Waals surface area contributed by atoms with Gasteiger partial charge in [-0.25, -0.2) is 4.98 Å². The predicted octanol–water partition coefficient (Wildman–Crippen LogP) is 2.48. The highest BCUT2D eigenvalue weighted by atomic mass is 16.5. The summed E-state index contributed by atoms with van der Waals surface area (Å²) in [6, 6.07) is 8.56. The number of rotatable bonds is 6. The molecule has 6 nitrogen and oxygen atoms in total. The second kappa shape index (κ2) is 7.82. The van der Waals surface area contributed by atoms with E-state index in [-0.39, 0.29) is 5.54 Å². The first-order chi connectivity index (χ1) is 13.2. The largest absolute Gasteiger partial charge is 0.383 e. The molecule has 27 heavy (non-hydrogen) atoms. The Bertz CT molecular complexity index is 759. The number of methoxy groups -OCH3 is 1. The van der Waals surface area contributed by atoms with E-state index in [0.29, 0.717) is 19.1 Å². The van der Waals surface area contributed by atoms with Gasteiger partial charge in [-0.3, -0.25) is 9.69 Å². The van der Waals surface area contributed by atoms with E-state index in [1.54, 1.807) is 19.6 Å². The third-order valence-corrected chi connectivity index (χ3v) is 6.01. The maximum absolute atomic E-state index is 13.3. The Hall–Kier alpha value is -2.18. The summed E-state index contributed by atoms with van der Waals surface area (Å²) in [6.07, 6.45) is 9.65. The molecular weight excluding hydrogens is 340 g/mol. The number of aromatic nitrogens is 2. The van der Waals surface area contributed by atoms with E-state index in [4.69, 9.17) is 4.74 Å². The van der Waals surface area contributed by atoms with Crippen LogP contribution in [-0.4, -0.2) is 64.1 Å². The van der Waals surface area contributed by atoms with Crippen molar-refractivity contribution in [3.05, 3.63) is 48.5 Å². The lowest BCUT2D eigenvalue weighted by Gasteiger charge is -2.44. The molecule has 1 aromatic carbocycles. The molecule has 4 rings (SSSR count). The van der Waals surface area contributed by atoms with Gasteiger partial charge in [-0.05, 0) is 49.9 Å². The number of likely N-dealkylation sites (tertiary alicyclic amines) is 2. The Labute approximate surface area is 160 Å². The van der Waals surface area contributed by atoms with Crippen LogP contribution in [0.1, 0.15) is 31.2 Å². The van der Waals surface area contributed by atoms with Crippen molar-refractivity contribution >= 4 is 5.91 Å². The Morgan fingerprint density at radius 2 is 1.93 bits per heavy atom. The quantitative estimate of drug-likeness (QED) is 0.786. The first-order valence-electron chi connectivity index (χ1n) is 9.83. The Kier molecular flexibility index (Phi) is 5.27. The molecule has 0 radical (unpaired) electrons. The van der Waals surface area contributed by atoms with Crippen molar-refractivity contribution < 1.29 is 9.53 Å². The number of hydrogen-bond acceptors (Lipinski definition) is 4. The molecule has 1 atom stereocenters. The molecule has 144 valence electrons. The van der Waals surface area contributed by atoms with Gasteiger partial charge in [0.2, 0.25) is 5.91 Å². The summed E-state index contributed by atoms with van der Waals surface area (Å²) in [5, 5.41) is 0. The standard InChI is InChI=1S/C21H28N4O2/c1-27-15-14-23-11-2-8-21(20(23)26)9-3-12-25(21)16-18-4-6-19(7-5-18)24-13-10-22-17-24/h4-7,10,13,17H,2-3,8-9,11-12,14-16H2,1H3. The summed E-state index contributed by atoms with van der Waals surface area (Å²) in [5.41, 5.74) is 2.04. The van der Waals surface area contributed by atoms with Gasteiger partial charge in [-0.2, -0.15) is 0 Å². The molecule has 2 saturated heterocycles.